The Morgan fingerprint density at radius 2 is 2.19 bits per heavy atom. The van der Waals surface area contributed by atoms with Crippen LogP contribution in [0.4, 0.5) is 4.79 Å². The van der Waals surface area contributed by atoms with E-state index in [2.05, 4.69) is 21.2 Å². The Bertz CT molecular complexity index is 589. The molecule has 0 aromatic heterocycles. The number of phenols is 1. The molecule has 7 heteroatoms. The molecule has 1 aromatic rings. The van der Waals surface area contributed by atoms with E-state index in [-0.39, 0.29) is 23.5 Å². The highest BCUT2D eigenvalue weighted by Crippen LogP contribution is 2.39. The van der Waals surface area contributed by atoms with Gasteiger partial charge in [0.25, 0.3) is 0 Å². The molecule has 0 saturated carbocycles. The fraction of sp³-hybridized carbons (Fsp3) is 0.429. The largest absolute Gasteiger partial charge is 0.503 e. The third-order valence-corrected chi connectivity index (χ3v) is 3.84. The van der Waals surface area contributed by atoms with Gasteiger partial charge in [-0.3, -0.25) is 10.7 Å². The van der Waals surface area contributed by atoms with Crippen molar-refractivity contribution in [3.05, 3.63) is 22.2 Å². The number of phenolic OH excluding ortho intramolecular Hbond substituents is 1. The van der Waals surface area contributed by atoms with Crippen LogP contribution in [-0.2, 0) is 0 Å². The molecule has 114 valence electrons. The van der Waals surface area contributed by atoms with E-state index in [1.807, 2.05) is 13.8 Å². The first-order valence-corrected chi connectivity index (χ1v) is 7.37. The van der Waals surface area contributed by atoms with Crippen molar-refractivity contribution in [2.45, 2.75) is 19.9 Å². The molecule has 21 heavy (non-hydrogen) atoms. The minimum absolute atomic E-state index is 0.000438. The maximum Gasteiger partial charge on any atom is 0.323 e. The third kappa shape index (κ3) is 2.97. The Hall–Kier alpha value is -1.76. The SMILES string of the molecule is COc1cc(C2C(=N)NC(=O)N2CC(C)C)cc(Br)c1O. The van der Waals surface area contributed by atoms with Crippen LogP contribution in [-0.4, -0.2) is 35.5 Å². The van der Waals surface area contributed by atoms with Gasteiger partial charge in [0.1, 0.15) is 11.9 Å². The lowest BCUT2D eigenvalue weighted by Crippen LogP contribution is -2.33. The molecule has 2 amide bonds. The summed E-state index contributed by atoms with van der Waals surface area (Å²) in [5, 5.41) is 20.4. The molecular formula is C14H18BrN3O3. The van der Waals surface area contributed by atoms with Crippen molar-refractivity contribution >= 4 is 27.8 Å². The first-order chi connectivity index (χ1) is 9.85. The van der Waals surface area contributed by atoms with Gasteiger partial charge in [-0.15, -0.1) is 0 Å². The fourth-order valence-corrected chi connectivity index (χ4v) is 2.82. The number of methoxy groups -OCH3 is 1. The number of benzene rings is 1. The number of halogens is 1. The number of ether oxygens (including phenoxy) is 1. The number of amides is 2. The maximum atomic E-state index is 12.0. The van der Waals surface area contributed by atoms with Crippen molar-refractivity contribution in [3.63, 3.8) is 0 Å². The number of carbonyl (C=O) groups is 1. The van der Waals surface area contributed by atoms with Gasteiger partial charge in [-0.05, 0) is 39.5 Å². The summed E-state index contributed by atoms with van der Waals surface area (Å²) in [6.07, 6.45) is 0. The number of rotatable bonds is 4. The first kappa shape index (κ1) is 15.6. The van der Waals surface area contributed by atoms with Crippen LogP contribution >= 0.6 is 15.9 Å². The molecule has 1 fully saturated rings. The van der Waals surface area contributed by atoms with Gasteiger partial charge < -0.3 is 14.7 Å². The monoisotopic (exact) mass is 355 g/mol. The van der Waals surface area contributed by atoms with Crippen LogP contribution in [0, 0.1) is 11.3 Å². The maximum absolute atomic E-state index is 12.0. The van der Waals surface area contributed by atoms with Gasteiger partial charge in [0.2, 0.25) is 0 Å². The number of nitrogens with one attached hydrogen (secondary N) is 2. The number of hydrogen-bond donors (Lipinski definition) is 3. The van der Waals surface area contributed by atoms with E-state index in [0.29, 0.717) is 22.3 Å². The number of amidine groups is 1. The van der Waals surface area contributed by atoms with Gasteiger partial charge in [0.05, 0.1) is 11.6 Å². The van der Waals surface area contributed by atoms with Gasteiger partial charge in [-0.25, -0.2) is 4.79 Å². The molecule has 1 heterocycles. The second-order valence-corrected chi connectivity index (χ2v) is 6.20. The summed E-state index contributed by atoms with van der Waals surface area (Å²) in [6, 6.07) is 2.57. The Balaban J connectivity index is 2.45. The Morgan fingerprint density at radius 1 is 1.52 bits per heavy atom. The average Bonchev–Trinajstić information content (AvgIpc) is 2.67. The lowest BCUT2D eigenvalue weighted by atomic mass is 10.0. The number of carbonyl (C=O) groups excluding carboxylic acids is 1. The van der Waals surface area contributed by atoms with Gasteiger partial charge in [-0.1, -0.05) is 13.8 Å². The molecule has 6 nitrogen and oxygen atoms in total. The molecule has 0 radical (unpaired) electrons. The Labute approximate surface area is 131 Å². The van der Waals surface area contributed by atoms with Gasteiger partial charge >= 0.3 is 6.03 Å². The molecule has 0 spiro atoms. The quantitative estimate of drug-likeness (QED) is 0.776. The summed E-state index contributed by atoms with van der Waals surface area (Å²) in [6.45, 7) is 4.57. The van der Waals surface area contributed by atoms with Crippen LogP contribution in [0.2, 0.25) is 0 Å². The van der Waals surface area contributed by atoms with E-state index < -0.39 is 6.04 Å². The van der Waals surface area contributed by atoms with Crippen molar-refractivity contribution in [2.75, 3.05) is 13.7 Å². The van der Waals surface area contributed by atoms with Gasteiger partial charge in [0.15, 0.2) is 11.5 Å². The minimum atomic E-state index is -0.495. The average molecular weight is 356 g/mol. The normalized spacial score (nSPS) is 18.3. The zero-order chi connectivity index (χ0) is 15.7. The van der Waals surface area contributed by atoms with Crippen molar-refractivity contribution < 1.29 is 14.6 Å². The summed E-state index contributed by atoms with van der Waals surface area (Å²) >= 11 is 3.27. The Morgan fingerprint density at radius 3 is 2.76 bits per heavy atom. The molecule has 1 aliphatic heterocycles. The van der Waals surface area contributed by atoms with Crippen molar-refractivity contribution in [1.82, 2.24) is 10.2 Å². The highest BCUT2D eigenvalue weighted by atomic mass is 79.9. The predicted octanol–water partition coefficient (Wildman–Crippen LogP) is 2.86. The smallest absolute Gasteiger partial charge is 0.323 e. The number of urea groups is 1. The highest BCUT2D eigenvalue weighted by molar-refractivity contribution is 9.10. The van der Waals surface area contributed by atoms with Crippen LogP contribution < -0.4 is 10.1 Å². The predicted molar refractivity (Wildman–Crippen MR) is 82.9 cm³/mol. The van der Waals surface area contributed by atoms with E-state index >= 15 is 0 Å². The van der Waals surface area contributed by atoms with Crippen LogP contribution in [0.1, 0.15) is 25.5 Å². The molecule has 0 aliphatic carbocycles. The van der Waals surface area contributed by atoms with Crippen molar-refractivity contribution in [3.8, 4) is 11.5 Å². The van der Waals surface area contributed by atoms with Crippen LogP contribution in [0.5, 0.6) is 11.5 Å². The van der Waals surface area contributed by atoms with E-state index in [0.717, 1.165) is 0 Å². The third-order valence-electron chi connectivity index (χ3n) is 3.24. The molecule has 1 atom stereocenters. The zero-order valence-electron chi connectivity index (χ0n) is 12.1. The standard InChI is InChI=1S/C14H18BrN3O3/c1-7(2)6-18-11(13(16)17-14(18)20)8-4-9(15)12(19)10(5-8)21-3/h4-5,7,11,19H,6H2,1-3H3,(H2,16,17,20). The van der Waals surface area contributed by atoms with Crippen molar-refractivity contribution in [1.29, 1.82) is 5.41 Å². The number of nitrogens with zero attached hydrogens (tertiary/aromatic N) is 1. The molecule has 1 aliphatic rings. The molecule has 1 saturated heterocycles. The minimum Gasteiger partial charge on any atom is -0.503 e. The van der Waals surface area contributed by atoms with Crippen LogP contribution in [0.25, 0.3) is 0 Å². The summed E-state index contributed by atoms with van der Waals surface area (Å²) in [5.74, 6) is 0.711. The second kappa shape index (κ2) is 5.93. The zero-order valence-corrected chi connectivity index (χ0v) is 13.7. The van der Waals surface area contributed by atoms with E-state index in [4.69, 9.17) is 10.1 Å². The molecular weight excluding hydrogens is 338 g/mol. The lowest BCUT2D eigenvalue weighted by molar-refractivity contribution is 0.198. The molecule has 2 rings (SSSR count). The summed E-state index contributed by atoms with van der Waals surface area (Å²) in [7, 11) is 1.46. The Kier molecular flexibility index (Phi) is 4.41. The van der Waals surface area contributed by atoms with Gasteiger partial charge in [-0.2, -0.15) is 0 Å². The fourth-order valence-electron chi connectivity index (χ4n) is 2.36. The topological polar surface area (TPSA) is 85.7 Å². The number of aromatic hydroxyl groups is 1. The molecule has 1 aromatic carbocycles. The van der Waals surface area contributed by atoms with E-state index in [1.54, 1.807) is 17.0 Å². The van der Waals surface area contributed by atoms with E-state index in [1.165, 1.54) is 7.11 Å². The van der Waals surface area contributed by atoms with Crippen LogP contribution in [0.3, 0.4) is 0 Å². The number of hydrogen-bond acceptors (Lipinski definition) is 4. The van der Waals surface area contributed by atoms with E-state index in [9.17, 15) is 9.90 Å². The molecule has 0 bridgehead atoms. The lowest BCUT2D eigenvalue weighted by Gasteiger charge is -2.25. The first-order valence-electron chi connectivity index (χ1n) is 6.57. The summed E-state index contributed by atoms with van der Waals surface area (Å²) < 4.78 is 5.60. The summed E-state index contributed by atoms with van der Waals surface area (Å²) in [4.78, 5) is 13.6. The van der Waals surface area contributed by atoms with Gasteiger partial charge in [0, 0.05) is 6.54 Å². The van der Waals surface area contributed by atoms with Crippen LogP contribution in [0.15, 0.2) is 16.6 Å². The highest BCUT2D eigenvalue weighted by Gasteiger charge is 2.37. The molecule has 1 unspecified atom stereocenters. The summed E-state index contributed by atoms with van der Waals surface area (Å²) in [5.41, 5.74) is 0.709. The second-order valence-electron chi connectivity index (χ2n) is 5.35. The van der Waals surface area contributed by atoms with Crippen molar-refractivity contribution in [2.24, 2.45) is 5.92 Å². The molecule has 3 N–H and O–H groups in total.